The Morgan fingerprint density at radius 2 is 2.06 bits per heavy atom. The van der Waals surface area contributed by atoms with Crippen molar-refractivity contribution in [2.45, 2.75) is 23.6 Å². The third kappa shape index (κ3) is 4.66. The lowest BCUT2D eigenvalue weighted by atomic mass is 9.99. The fraction of sp³-hybridized carbons (Fsp3) is 0.455. The Hall–Kier alpha value is -1.86. The summed E-state index contributed by atoms with van der Waals surface area (Å²) in [6.45, 7) is 2.31. The number of aryl methyl sites for hydroxylation is 1. The molecule has 12 heteroatoms. The summed E-state index contributed by atoms with van der Waals surface area (Å²) in [4.78, 5) is 18.4. The van der Waals surface area contributed by atoms with Crippen LogP contribution in [0.4, 0.5) is 0 Å². The van der Waals surface area contributed by atoms with E-state index in [1.54, 1.807) is 29.3 Å². The second kappa shape index (κ2) is 10.0. The molecule has 2 aromatic heterocycles. The quantitative estimate of drug-likeness (QED) is 0.477. The zero-order chi connectivity index (χ0) is 23.7. The summed E-state index contributed by atoms with van der Waals surface area (Å²) in [7, 11) is -3.58. The Kier molecular flexibility index (Phi) is 7.03. The summed E-state index contributed by atoms with van der Waals surface area (Å²) < 4.78 is 42.2. The number of hydrogen-bond acceptors (Lipinski definition) is 8. The zero-order valence-electron chi connectivity index (χ0n) is 18.6. The molecule has 3 aromatic rings. The van der Waals surface area contributed by atoms with Crippen LogP contribution in [0.15, 0.2) is 38.8 Å². The summed E-state index contributed by atoms with van der Waals surface area (Å²) in [5, 5.41) is 1.75. The van der Waals surface area contributed by atoms with Crippen LogP contribution in [0.2, 0.25) is 0 Å². The largest absolute Gasteiger partial charge is 0.486 e. The number of sulfonamides is 1. The molecule has 4 heterocycles. The lowest BCUT2D eigenvalue weighted by molar-refractivity contribution is -0.122. The molecule has 0 N–H and O–H groups in total. The van der Waals surface area contributed by atoms with E-state index >= 15 is 0 Å². The number of thioether (sulfide) groups is 1. The van der Waals surface area contributed by atoms with Gasteiger partial charge >= 0.3 is 0 Å². The molecule has 1 fully saturated rings. The standard InChI is InChI=1S/C22H25N3O5S4/c1-31-11-7-25-16-12-17-18(30-9-8-29-17)13-19(16)33-22(25)23-21(26)15-4-2-6-24(14-15)34(27,28)20-5-3-10-32-20/h3,5,10,12-13,15H,2,4,6-9,11,14H2,1H3. The van der Waals surface area contributed by atoms with Crippen LogP contribution in [0.5, 0.6) is 11.5 Å². The van der Waals surface area contributed by atoms with Gasteiger partial charge in [0.2, 0.25) is 0 Å². The molecule has 2 aliphatic rings. The summed E-state index contributed by atoms with van der Waals surface area (Å²) in [5.41, 5.74) is 0.959. The highest BCUT2D eigenvalue weighted by molar-refractivity contribution is 7.98. The molecule has 34 heavy (non-hydrogen) atoms. The van der Waals surface area contributed by atoms with Gasteiger partial charge in [-0.05, 0) is 30.5 Å². The van der Waals surface area contributed by atoms with E-state index in [4.69, 9.17) is 9.47 Å². The Labute approximate surface area is 210 Å². The number of rotatable bonds is 6. The highest BCUT2D eigenvalue weighted by Crippen LogP contribution is 2.35. The maximum atomic E-state index is 13.2. The molecule has 8 nitrogen and oxygen atoms in total. The average molecular weight is 540 g/mol. The number of benzene rings is 1. The first kappa shape index (κ1) is 23.9. The topological polar surface area (TPSA) is 90.2 Å². The molecular formula is C22H25N3O5S4. The average Bonchev–Trinajstić information content (AvgIpc) is 3.50. The number of carbonyl (C=O) groups is 1. The smallest absolute Gasteiger partial charge is 0.252 e. The van der Waals surface area contributed by atoms with E-state index in [1.807, 2.05) is 18.4 Å². The van der Waals surface area contributed by atoms with Gasteiger partial charge in [-0.25, -0.2) is 8.42 Å². The van der Waals surface area contributed by atoms with E-state index in [0.717, 1.165) is 16.0 Å². The number of thiazole rings is 1. The summed E-state index contributed by atoms with van der Waals surface area (Å²) in [6.07, 6.45) is 3.31. The van der Waals surface area contributed by atoms with E-state index < -0.39 is 15.9 Å². The van der Waals surface area contributed by atoms with E-state index in [9.17, 15) is 13.2 Å². The SMILES string of the molecule is CSCCn1c(=NC(=O)C2CCCN(S(=O)(=O)c3cccs3)C2)sc2cc3c(cc21)OCCO3. The minimum atomic E-state index is -3.58. The molecule has 0 spiro atoms. The number of thiophene rings is 1. The van der Waals surface area contributed by atoms with Crippen molar-refractivity contribution in [3.8, 4) is 11.5 Å². The molecular weight excluding hydrogens is 515 g/mol. The molecule has 1 saturated heterocycles. The van der Waals surface area contributed by atoms with Crippen LogP contribution in [0.25, 0.3) is 10.2 Å². The Bertz CT molecular complexity index is 1360. The molecule has 182 valence electrons. The summed E-state index contributed by atoms with van der Waals surface area (Å²) in [5.74, 6) is 1.55. The lowest BCUT2D eigenvalue weighted by Gasteiger charge is -2.29. The van der Waals surface area contributed by atoms with Crippen LogP contribution in [0, 0.1) is 5.92 Å². The first-order valence-corrected chi connectivity index (χ1v) is 15.5. The highest BCUT2D eigenvalue weighted by atomic mass is 32.2. The van der Waals surface area contributed by atoms with Crippen molar-refractivity contribution in [3.63, 3.8) is 0 Å². The van der Waals surface area contributed by atoms with Gasteiger partial charge in [0, 0.05) is 37.5 Å². The van der Waals surface area contributed by atoms with Gasteiger partial charge in [0.1, 0.15) is 17.4 Å². The van der Waals surface area contributed by atoms with Gasteiger partial charge in [-0.1, -0.05) is 17.4 Å². The first-order valence-electron chi connectivity index (χ1n) is 11.0. The van der Waals surface area contributed by atoms with Crippen molar-refractivity contribution in [2.75, 3.05) is 38.3 Å². The fourth-order valence-corrected chi connectivity index (χ4v) is 8.28. The number of piperidine rings is 1. The van der Waals surface area contributed by atoms with Gasteiger partial charge in [-0.15, -0.1) is 11.3 Å². The molecule has 0 bridgehead atoms. The third-order valence-corrected chi connectivity index (χ3v) is 10.8. The van der Waals surface area contributed by atoms with E-state index in [1.165, 1.54) is 27.0 Å². The van der Waals surface area contributed by atoms with Crippen LogP contribution in [0.1, 0.15) is 12.8 Å². The molecule has 0 saturated carbocycles. The number of aromatic nitrogens is 1. The minimum Gasteiger partial charge on any atom is -0.486 e. The van der Waals surface area contributed by atoms with Crippen LogP contribution < -0.4 is 14.3 Å². The van der Waals surface area contributed by atoms with Crippen LogP contribution in [0.3, 0.4) is 0 Å². The van der Waals surface area contributed by atoms with Gasteiger partial charge in [0.05, 0.1) is 16.1 Å². The van der Waals surface area contributed by atoms with Crippen LogP contribution >= 0.6 is 34.4 Å². The van der Waals surface area contributed by atoms with Gasteiger partial charge in [-0.3, -0.25) is 4.79 Å². The Morgan fingerprint density at radius 1 is 1.26 bits per heavy atom. The van der Waals surface area contributed by atoms with Crippen molar-refractivity contribution < 1.29 is 22.7 Å². The number of fused-ring (bicyclic) bond motifs is 2. The second-order valence-corrected chi connectivity index (χ2v) is 13.2. The highest BCUT2D eigenvalue weighted by Gasteiger charge is 2.34. The maximum Gasteiger partial charge on any atom is 0.252 e. The lowest BCUT2D eigenvalue weighted by Crippen LogP contribution is -2.42. The van der Waals surface area contributed by atoms with Crippen molar-refractivity contribution in [2.24, 2.45) is 10.9 Å². The summed E-state index contributed by atoms with van der Waals surface area (Å²) in [6, 6.07) is 7.24. The predicted molar refractivity (Wildman–Crippen MR) is 136 cm³/mol. The Balaban J connectivity index is 1.46. The van der Waals surface area contributed by atoms with E-state index in [0.29, 0.717) is 59.7 Å². The van der Waals surface area contributed by atoms with Crippen LogP contribution in [-0.2, 0) is 21.4 Å². The predicted octanol–water partition coefficient (Wildman–Crippen LogP) is 3.43. The van der Waals surface area contributed by atoms with Crippen LogP contribution in [-0.4, -0.2) is 61.5 Å². The molecule has 1 unspecified atom stereocenters. The molecule has 0 radical (unpaired) electrons. The monoisotopic (exact) mass is 539 g/mol. The number of hydrogen-bond donors (Lipinski definition) is 0. The van der Waals surface area contributed by atoms with Gasteiger partial charge in [-0.2, -0.15) is 21.1 Å². The van der Waals surface area contributed by atoms with Crippen molar-refractivity contribution in [1.82, 2.24) is 8.87 Å². The zero-order valence-corrected chi connectivity index (χ0v) is 21.9. The number of amides is 1. The molecule has 1 aromatic carbocycles. The van der Waals surface area contributed by atoms with Gasteiger partial charge in [0.15, 0.2) is 16.3 Å². The molecule has 1 amide bonds. The fourth-order valence-electron chi connectivity index (χ4n) is 4.18. The van der Waals surface area contributed by atoms with Gasteiger partial charge < -0.3 is 14.0 Å². The van der Waals surface area contributed by atoms with E-state index in [-0.39, 0.29) is 12.5 Å². The molecule has 1 atom stereocenters. The number of nitrogens with zero attached hydrogens (tertiary/aromatic N) is 3. The molecule has 5 rings (SSSR count). The number of ether oxygens (including phenoxy) is 2. The molecule has 0 aliphatic carbocycles. The normalized spacial score (nSPS) is 19.6. The number of carbonyl (C=O) groups excluding carboxylic acids is 1. The van der Waals surface area contributed by atoms with Crippen molar-refractivity contribution in [3.05, 3.63) is 34.4 Å². The van der Waals surface area contributed by atoms with Crippen molar-refractivity contribution in [1.29, 1.82) is 0 Å². The van der Waals surface area contributed by atoms with E-state index in [2.05, 4.69) is 9.56 Å². The first-order chi connectivity index (χ1) is 16.5. The summed E-state index contributed by atoms with van der Waals surface area (Å²) >= 11 is 4.36. The van der Waals surface area contributed by atoms with Crippen molar-refractivity contribution >= 4 is 60.6 Å². The Morgan fingerprint density at radius 3 is 2.79 bits per heavy atom. The minimum absolute atomic E-state index is 0.161. The van der Waals surface area contributed by atoms with Gasteiger partial charge in [0.25, 0.3) is 15.9 Å². The maximum absolute atomic E-state index is 13.2. The second-order valence-electron chi connectivity index (χ2n) is 8.08. The third-order valence-electron chi connectivity index (χ3n) is 5.89. The molecule has 2 aliphatic heterocycles.